The van der Waals surface area contributed by atoms with Gasteiger partial charge in [0.1, 0.15) is 18.3 Å². The van der Waals surface area contributed by atoms with Gasteiger partial charge < -0.3 is 5.73 Å². The fourth-order valence-electron chi connectivity index (χ4n) is 1.97. The molecule has 0 saturated carbocycles. The Morgan fingerprint density at radius 3 is 2.70 bits per heavy atom. The first-order valence-electron chi connectivity index (χ1n) is 6.87. The molecule has 116 valence electrons. The number of rotatable bonds is 4. The van der Waals surface area contributed by atoms with Crippen LogP contribution in [0.15, 0.2) is 49.3 Å². The summed E-state index contributed by atoms with van der Waals surface area (Å²) in [5.41, 5.74) is 13.2. The zero-order chi connectivity index (χ0) is 16.2. The molecule has 8 nitrogen and oxygen atoms in total. The van der Waals surface area contributed by atoms with Gasteiger partial charge in [0.2, 0.25) is 0 Å². The number of nitrogen functional groups attached to an aromatic ring is 1. The van der Waals surface area contributed by atoms with Crippen LogP contribution >= 0.6 is 0 Å². The third-order valence-electron chi connectivity index (χ3n) is 3.22. The summed E-state index contributed by atoms with van der Waals surface area (Å²) in [6.45, 7) is 1.96. The van der Waals surface area contributed by atoms with Crippen LogP contribution in [-0.4, -0.2) is 25.4 Å². The number of hydrogen-bond donors (Lipinski definition) is 3. The first-order chi connectivity index (χ1) is 11.1. The van der Waals surface area contributed by atoms with Crippen molar-refractivity contribution < 1.29 is 4.79 Å². The molecule has 0 bridgehead atoms. The molecule has 0 unspecified atom stereocenters. The number of carbonyl (C=O) groups is 1. The first kappa shape index (κ1) is 14.5. The lowest BCUT2D eigenvalue weighted by Crippen LogP contribution is -2.30. The smallest absolute Gasteiger partial charge is 0.269 e. The molecule has 2 aromatic heterocycles. The second-order valence-corrected chi connectivity index (χ2v) is 4.87. The van der Waals surface area contributed by atoms with Crippen LogP contribution in [0.2, 0.25) is 0 Å². The SMILES string of the molecule is Cc1ccc(C(=O)NNc2ncnc(-n3ccnc3)c2N)cc1. The summed E-state index contributed by atoms with van der Waals surface area (Å²) in [7, 11) is 0. The van der Waals surface area contributed by atoms with E-state index in [1.54, 1.807) is 35.4 Å². The van der Waals surface area contributed by atoms with Crippen molar-refractivity contribution in [2.24, 2.45) is 0 Å². The van der Waals surface area contributed by atoms with Gasteiger partial charge in [-0.2, -0.15) is 0 Å². The average molecular weight is 309 g/mol. The fraction of sp³-hybridized carbons (Fsp3) is 0.0667. The molecule has 0 radical (unpaired) electrons. The second kappa shape index (κ2) is 6.14. The Morgan fingerprint density at radius 2 is 2.00 bits per heavy atom. The van der Waals surface area contributed by atoms with E-state index in [0.717, 1.165) is 5.56 Å². The number of hydrogen-bond acceptors (Lipinski definition) is 6. The maximum Gasteiger partial charge on any atom is 0.269 e. The van der Waals surface area contributed by atoms with Crippen molar-refractivity contribution in [3.63, 3.8) is 0 Å². The molecule has 23 heavy (non-hydrogen) atoms. The Kier molecular flexibility index (Phi) is 3.88. The molecule has 0 fully saturated rings. The summed E-state index contributed by atoms with van der Waals surface area (Å²) < 4.78 is 1.66. The van der Waals surface area contributed by atoms with Crippen LogP contribution in [0.25, 0.3) is 5.82 Å². The minimum Gasteiger partial charge on any atom is -0.393 e. The number of benzene rings is 1. The van der Waals surface area contributed by atoms with E-state index in [1.165, 1.54) is 6.33 Å². The number of imidazole rings is 1. The number of nitrogens with two attached hydrogens (primary N) is 1. The summed E-state index contributed by atoms with van der Waals surface area (Å²) in [5, 5.41) is 0. The summed E-state index contributed by atoms with van der Waals surface area (Å²) in [6, 6.07) is 7.22. The highest BCUT2D eigenvalue weighted by molar-refractivity contribution is 5.95. The lowest BCUT2D eigenvalue weighted by Gasteiger charge is -2.12. The molecular formula is C15H15N7O. The molecule has 0 atom stereocenters. The van der Waals surface area contributed by atoms with Gasteiger partial charge in [-0.3, -0.25) is 20.2 Å². The summed E-state index contributed by atoms with van der Waals surface area (Å²) in [4.78, 5) is 24.2. The average Bonchev–Trinajstić information content (AvgIpc) is 3.08. The minimum absolute atomic E-state index is 0.285. The quantitative estimate of drug-likeness (QED) is 0.627. The molecular weight excluding hydrogens is 294 g/mol. The second-order valence-electron chi connectivity index (χ2n) is 4.87. The van der Waals surface area contributed by atoms with Crippen molar-refractivity contribution in [3.05, 3.63) is 60.4 Å². The zero-order valence-corrected chi connectivity index (χ0v) is 12.4. The molecule has 0 aliphatic heterocycles. The van der Waals surface area contributed by atoms with Gasteiger partial charge in [-0.25, -0.2) is 15.0 Å². The number of nitrogens with zero attached hydrogens (tertiary/aromatic N) is 4. The van der Waals surface area contributed by atoms with Gasteiger partial charge in [0, 0.05) is 18.0 Å². The van der Waals surface area contributed by atoms with Crippen LogP contribution in [-0.2, 0) is 0 Å². The molecule has 0 saturated heterocycles. The summed E-state index contributed by atoms with van der Waals surface area (Å²) in [6.07, 6.45) is 6.26. The van der Waals surface area contributed by atoms with E-state index < -0.39 is 0 Å². The largest absolute Gasteiger partial charge is 0.393 e. The van der Waals surface area contributed by atoms with Crippen LogP contribution < -0.4 is 16.6 Å². The van der Waals surface area contributed by atoms with Crippen LogP contribution in [0, 0.1) is 6.92 Å². The Bertz CT molecular complexity index is 812. The van der Waals surface area contributed by atoms with Crippen LogP contribution in [0.3, 0.4) is 0 Å². The number of nitrogens with one attached hydrogen (secondary N) is 2. The Balaban J connectivity index is 1.75. The normalized spacial score (nSPS) is 10.3. The Hall–Kier alpha value is -3.42. The highest BCUT2D eigenvalue weighted by Gasteiger charge is 2.11. The van der Waals surface area contributed by atoms with E-state index >= 15 is 0 Å². The van der Waals surface area contributed by atoms with Crippen molar-refractivity contribution in [1.29, 1.82) is 0 Å². The van der Waals surface area contributed by atoms with Gasteiger partial charge in [-0.1, -0.05) is 17.7 Å². The molecule has 0 aliphatic rings. The molecule has 0 aliphatic carbocycles. The number of anilines is 2. The van der Waals surface area contributed by atoms with Gasteiger partial charge in [-0.05, 0) is 19.1 Å². The van der Waals surface area contributed by atoms with Gasteiger partial charge in [0.25, 0.3) is 5.91 Å². The number of aryl methyl sites for hydroxylation is 1. The highest BCUT2D eigenvalue weighted by Crippen LogP contribution is 2.20. The highest BCUT2D eigenvalue weighted by atomic mass is 16.2. The van der Waals surface area contributed by atoms with Crippen molar-refractivity contribution in [2.75, 3.05) is 11.2 Å². The van der Waals surface area contributed by atoms with Gasteiger partial charge in [0.15, 0.2) is 11.6 Å². The summed E-state index contributed by atoms with van der Waals surface area (Å²) >= 11 is 0. The number of amides is 1. The lowest BCUT2D eigenvalue weighted by atomic mass is 10.1. The van der Waals surface area contributed by atoms with Crippen LogP contribution in [0.1, 0.15) is 15.9 Å². The molecule has 3 aromatic rings. The monoisotopic (exact) mass is 309 g/mol. The van der Waals surface area contributed by atoms with E-state index in [0.29, 0.717) is 22.9 Å². The van der Waals surface area contributed by atoms with E-state index in [9.17, 15) is 4.79 Å². The fourth-order valence-corrected chi connectivity index (χ4v) is 1.97. The van der Waals surface area contributed by atoms with Crippen molar-refractivity contribution in [3.8, 4) is 5.82 Å². The maximum atomic E-state index is 12.1. The Labute approximate surface area is 132 Å². The third kappa shape index (κ3) is 3.10. The number of hydrazine groups is 1. The molecule has 4 N–H and O–H groups in total. The minimum atomic E-state index is -0.285. The van der Waals surface area contributed by atoms with Crippen molar-refractivity contribution in [1.82, 2.24) is 24.9 Å². The molecule has 3 rings (SSSR count). The standard InChI is InChI=1S/C15H15N7O/c1-10-2-4-11(5-3-10)15(23)21-20-13-12(16)14(19-8-18-13)22-7-6-17-9-22/h2-9H,16H2,1H3,(H,21,23)(H,18,19,20). The van der Waals surface area contributed by atoms with E-state index in [4.69, 9.17) is 5.73 Å². The third-order valence-corrected chi connectivity index (χ3v) is 3.22. The molecule has 2 heterocycles. The first-order valence-corrected chi connectivity index (χ1v) is 6.87. The number of aromatic nitrogens is 4. The lowest BCUT2D eigenvalue weighted by molar-refractivity contribution is 0.0962. The van der Waals surface area contributed by atoms with Crippen molar-refractivity contribution in [2.45, 2.75) is 6.92 Å². The molecule has 8 heteroatoms. The van der Waals surface area contributed by atoms with Gasteiger partial charge >= 0.3 is 0 Å². The van der Waals surface area contributed by atoms with E-state index in [1.807, 2.05) is 19.1 Å². The van der Waals surface area contributed by atoms with E-state index in [-0.39, 0.29) is 5.91 Å². The zero-order valence-electron chi connectivity index (χ0n) is 12.4. The van der Waals surface area contributed by atoms with E-state index in [2.05, 4.69) is 25.8 Å². The molecule has 1 aromatic carbocycles. The predicted octanol–water partition coefficient (Wildman–Crippen LogP) is 1.31. The van der Waals surface area contributed by atoms with Crippen molar-refractivity contribution >= 4 is 17.4 Å². The van der Waals surface area contributed by atoms with Crippen LogP contribution in [0.5, 0.6) is 0 Å². The maximum absolute atomic E-state index is 12.1. The number of carbonyl (C=O) groups excluding carboxylic acids is 1. The summed E-state index contributed by atoms with van der Waals surface area (Å²) in [5.74, 6) is 0.501. The molecule has 1 amide bonds. The predicted molar refractivity (Wildman–Crippen MR) is 85.8 cm³/mol. The van der Waals surface area contributed by atoms with Gasteiger partial charge in [0.05, 0.1) is 0 Å². The van der Waals surface area contributed by atoms with Gasteiger partial charge in [-0.15, -0.1) is 0 Å². The topological polar surface area (TPSA) is 111 Å². The van der Waals surface area contributed by atoms with Crippen LogP contribution in [0.4, 0.5) is 11.5 Å². The Morgan fingerprint density at radius 1 is 1.22 bits per heavy atom. The molecule has 0 spiro atoms.